The molecule has 1 saturated heterocycles. The highest BCUT2D eigenvalue weighted by Crippen LogP contribution is 2.21. The van der Waals surface area contributed by atoms with Gasteiger partial charge in [-0.1, -0.05) is 6.07 Å². The molecule has 5 heteroatoms. The van der Waals surface area contributed by atoms with Crippen molar-refractivity contribution >= 4 is 11.9 Å². The van der Waals surface area contributed by atoms with Gasteiger partial charge in [0, 0.05) is 12.7 Å². The van der Waals surface area contributed by atoms with E-state index in [4.69, 9.17) is 4.74 Å². The Morgan fingerprint density at radius 2 is 2.21 bits per heavy atom. The number of aryl methyl sites for hydroxylation is 1. The molecule has 1 aromatic heterocycles. The lowest BCUT2D eigenvalue weighted by Crippen LogP contribution is -2.48. The van der Waals surface area contributed by atoms with Gasteiger partial charge in [0.1, 0.15) is 11.7 Å². The van der Waals surface area contributed by atoms with Crippen LogP contribution >= 0.6 is 0 Å². The topological polar surface area (TPSA) is 59.5 Å². The van der Waals surface area contributed by atoms with E-state index >= 15 is 0 Å². The van der Waals surface area contributed by atoms with Crippen LogP contribution in [0.2, 0.25) is 0 Å². The highest BCUT2D eigenvalue weighted by atomic mass is 16.5. The summed E-state index contributed by atoms with van der Waals surface area (Å²) >= 11 is 0. The van der Waals surface area contributed by atoms with Crippen molar-refractivity contribution < 1.29 is 14.3 Å². The standard InChI is InChI=1S/C14H18N2O3/c1-10-6-5-8-15-12(10)13(17)16-9-4-3-7-11(16)14(18)19-2/h5-6,8,11H,3-4,7,9H2,1-2H3/t11-/m1/s1. The molecule has 19 heavy (non-hydrogen) atoms. The maximum Gasteiger partial charge on any atom is 0.328 e. The van der Waals surface area contributed by atoms with Crippen LogP contribution in [-0.2, 0) is 9.53 Å². The first-order valence-electron chi connectivity index (χ1n) is 6.45. The quantitative estimate of drug-likeness (QED) is 0.759. The van der Waals surface area contributed by atoms with Gasteiger partial charge in [-0.3, -0.25) is 9.78 Å². The smallest absolute Gasteiger partial charge is 0.328 e. The van der Waals surface area contributed by atoms with Crippen molar-refractivity contribution in [2.24, 2.45) is 0 Å². The fraction of sp³-hybridized carbons (Fsp3) is 0.500. The van der Waals surface area contributed by atoms with E-state index in [-0.39, 0.29) is 11.9 Å². The minimum Gasteiger partial charge on any atom is -0.467 e. The number of esters is 1. The molecule has 0 aromatic carbocycles. The van der Waals surface area contributed by atoms with E-state index in [9.17, 15) is 9.59 Å². The third-order valence-corrected chi connectivity index (χ3v) is 3.45. The molecule has 1 amide bonds. The third kappa shape index (κ3) is 2.75. The van der Waals surface area contributed by atoms with Crippen molar-refractivity contribution in [3.63, 3.8) is 0 Å². The maximum absolute atomic E-state index is 12.5. The van der Waals surface area contributed by atoms with Gasteiger partial charge in [-0.25, -0.2) is 4.79 Å². The second-order valence-corrected chi connectivity index (χ2v) is 4.70. The van der Waals surface area contributed by atoms with Gasteiger partial charge in [0.05, 0.1) is 7.11 Å². The molecule has 0 bridgehead atoms. The fourth-order valence-electron chi connectivity index (χ4n) is 2.40. The van der Waals surface area contributed by atoms with E-state index in [1.54, 1.807) is 17.2 Å². The van der Waals surface area contributed by atoms with Gasteiger partial charge in [0.25, 0.3) is 5.91 Å². The molecular weight excluding hydrogens is 244 g/mol. The number of aromatic nitrogens is 1. The molecule has 0 saturated carbocycles. The second-order valence-electron chi connectivity index (χ2n) is 4.70. The number of rotatable bonds is 2. The van der Waals surface area contributed by atoms with Crippen molar-refractivity contribution in [2.75, 3.05) is 13.7 Å². The van der Waals surface area contributed by atoms with Crippen LogP contribution in [0.3, 0.4) is 0 Å². The maximum atomic E-state index is 12.5. The van der Waals surface area contributed by atoms with E-state index < -0.39 is 6.04 Å². The van der Waals surface area contributed by atoms with Crippen LogP contribution in [0.1, 0.15) is 35.3 Å². The number of nitrogens with zero attached hydrogens (tertiary/aromatic N) is 2. The van der Waals surface area contributed by atoms with Crippen LogP contribution in [0.15, 0.2) is 18.3 Å². The summed E-state index contributed by atoms with van der Waals surface area (Å²) in [5.41, 5.74) is 1.24. The third-order valence-electron chi connectivity index (χ3n) is 3.45. The number of likely N-dealkylation sites (tertiary alicyclic amines) is 1. The lowest BCUT2D eigenvalue weighted by molar-refractivity contribution is -0.147. The van der Waals surface area contributed by atoms with E-state index in [0.29, 0.717) is 18.7 Å². The summed E-state index contributed by atoms with van der Waals surface area (Å²) < 4.78 is 4.78. The zero-order valence-electron chi connectivity index (χ0n) is 11.3. The number of hydrogen-bond donors (Lipinski definition) is 0. The van der Waals surface area contributed by atoms with Gasteiger partial charge in [0.2, 0.25) is 0 Å². The van der Waals surface area contributed by atoms with Gasteiger partial charge in [-0.15, -0.1) is 0 Å². The average Bonchev–Trinajstić information content (AvgIpc) is 2.46. The number of methoxy groups -OCH3 is 1. The minimum absolute atomic E-state index is 0.187. The number of pyridine rings is 1. The molecule has 1 aliphatic heterocycles. The Balaban J connectivity index is 2.25. The number of carbonyl (C=O) groups is 2. The number of piperidine rings is 1. The summed E-state index contributed by atoms with van der Waals surface area (Å²) in [6.45, 7) is 2.42. The Kier molecular flexibility index (Phi) is 4.14. The Morgan fingerprint density at radius 3 is 2.89 bits per heavy atom. The van der Waals surface area contributed by atoms with E-state index in [0.717, 1.165) is 18.4 Å². The Bertz CT molecular complexity index is 487. The normalized spacial score (nSPS) is 19.1. The number of carbonyl (C=O) groups excluding carboxylic acids is 2. The zero-order chi connectivity index (χ0) is 13.8. The molecule has 1 atom stereocenters. The van der Waals surface area contributed by atoms with E-state index in [2.05, 4.69) is 4.98 Å². The Hall–Kier alpha value is -1.91. The molecule has 0 unspecified atom stereocenters. The first-order chi connectivity index (χ1) is 9.15. The Morgan fingerprint density at radius 1 is 1.42 bits per heavy atom. The minimum atomic E-state index is -0.479. The number of hydrogen-bond acceptors (Lipinski definition) is 4. The highest BCUT2D eigenvalue weighted by molar-refractivity contribution is 5.96. The number of amides is 1. The van der Waals surface area contributed by atoms with Crippen LogP contribution in [0.5, 0.6) is 0 Å². The summed E-state index contributed by atoms with van der Waals surface area (Å²) in [7, 11) is 1.35. The molecule has 1 fully saturated rings. The summed E-state index contributed by atoms with van der Waals surface area (Å²) in [6.07, 6.45) is 4.09. The van der Waals surface area contributed by atoms with Gasteiger partial charge < -0.3 is 9.64 Å². The predicted molar refractivity (Wildman–Crippen MR) is 69.7 cm³/mol. The van der Waals surface area contributed by atoms with Crippen molar-refractivity contribution in [1.29, 1.82) is 0 Å². The van der Waals surface area contributed by atoms with Crippen molar-refractivity contribution in [3.8, 4) is 0 Å². The molecule has 1 aliphatic rings. The van der Waals surface area contributed by atoms with Crippen LogP contribution in [0.4, 0.5) is 0 Å². The molecule has 102 valence electrons. The van der Waals surface area contributed by atoms with Crippen molar-refractivity contribution in [3.05, 3.63) is 29.6 Å². The molecule has 5 nitrogen and oxygen atoms in total. The molecule has 2 rings (SSSR count). The van der Waals surface area contributed by atoms with Gasteiger partial charge in [-0.05, 0) is 37.8 Å². The van der Waals surface area contributed by atoms with Gasteiger partial charge in [-0.2, -0.15) is 0 Å². The fourth-order valence-corrected chi connectivity index (χ4v) is 2.40. The molecule has 0 aliphatic carbocycles. The van der Waals surface area contributed by atoms with Crippen LogP contribution < -0.4 is 0 Å². The van der Waals surface area contributed by atoms with Gasteiger partial charge >= 0.3 is 5.97 Å². The first kappa shape index (κ1) is 13.5. The van der Waals surface area contributed by atoms with Crippen LogP contribution in [0.25, 0.3) is 0 Å². The monoisotopic (exact) mass is 262 g/mol. The molecule has 0 N–H and O–H groups in total. The van der Waals surface area contributed by atoms with E-state index in [1.165, 1.54) is 7.11 Å². The zero-order valence-corrected chi connectivity index (χ0v) is 11.3. The highest BCUT2D eigenvalue weighted by Gasteiger charge is 2.34. The molecule has 0 radical (unpaired) electrons. The molecule has 1 aromatic rings. The number of ether oxygens (including phenoxy) is 1. The van der Waals surface area contributed by atoms with E-state index in [1.807, 2.05) is 13.0 Å². The molecule has 2 heterocycles. The molecular formula is C14H18N2O3. The predicted octanol–water partition coefficient (Wildman–Crippen LogP) is 1.56. The Labute approximate surface area is 112 Å². The summed E-state index contributed by atoms with van der Waals surface area (Å²) in [4.78, 5) is 30.0. The first-order valence-corrected chi connectivity index (χ1v) is 6.45. The van der Waals surface area contributed by atoms with Crippen LogP contribution in [0, 0.1) is 6.92 Å². The summed E-state index contributed by atoms with van der Waals surface area (Å²) in [5.74, 6) is -0.533. The summed E-state index contributed by atoms with van der Waals surface area (Å²) in [5, 5.41) is 0. The lowest BCUT2D eigenvalue weighted by atomic mass is 10.0. The van der Waals surface area contributed by atoms with Crippen molar-refractivity contribution in [2.45, 2.75) is 32.2 Å². The average molecular weight is 262 g/mol. The lowest BCUT2D eigenvalue weighted by Gasteiger charge is -2.33. The summed E-state index contributed by atoms with van der Waals surface area (Å²) in [6, 6.07) is 3.16. The van der Waals surface area contributed by atoms with Crippen LogP contribution in [-0.4, -0.2) is 41.5 Å². The largest absolute Gasteiger partial charge is 0.467 e. The SMILES string of the molecule is COC(=O)[C@H]1CCCCN1C(=O)c1ncccc1C. The van der Waals surface area contributed by atoms with Gasteiger partial charge in [0.15, 0.2) is 0 Å². The molecule has 0 spiro atoms. The van der Waals surface area contributed by atoms with Crippen molar-refractivity contribution in [1.82, 2.24) is 9.88 Å². The second kappa shape index (κ2) is 5.82.